The van der Waals surface area contributed by atoms with Gasteiger partial charge in [0.05, 0.1) is 14.2 Å². The quantitative estimate of drug-likeness (QED) is 0.693. The van der Waals surface area contributed by atoms with Gasteiger partial charge in [0.1, 0.15) is 11.6 Å². The molecule has 2 aromatic rings. The Balaban J connectivity index is 1.60. The van der Waals surface area contributed by atoms with Crippen molar-refractivity contribution in [1.82, 2.24) is 4.90 Å². The van der Waals surface area contributed by atoms with Crippen LogP contribution in [0.4, 0.5) is 5.69 Å². The molecule has 1 N–H and O–H groups in total. The molecule has 2 aliphatic rings. The molecule has 32 heavy (non-hydrogen) atoms. The highest BCUT2D eigenvalue weighted by Gasteiger charge is 2.47. The van der Waals surface area contributed by atoms with E-state index in [9.17, 15) is 14.4 Å². The molecule has 8 nitrogen and oxygen atoms in total. The standard InChI is InChI=1S/C24H26N2O6/c1-13(2)14-5-7-15(8-6-14)25-22(28)17-10-12-19(27)26(17)23-16-9-11-18(30-3)21(31-4)20(16)24(29)32-23/h5-9,11,13,17,23H,10,12H2,1-4H3,(H,25,28). The van der Waals surface area contributed by atoms with Gasteiger partial charge in [0.15, 0.2) is 11.5 Å². The van der Waals surface area contributed by atoms with E-state index in [0.717, 1.165) is 0 Å². The summed E-state index contributed by atoms with van der Waals surface area (Å²) in [6, 6.07) is 10.2. The predicted molar refractivity (Wildman–Crippen MR) is 117 cm³/mol. The maximum absolute atomic E-state index is 13.1. The minimum Gasteiger partial charge on any atom is -0.493 e. The summed E-state index contributed by atoms with van der Waals surface area (Å²) in [6.45, 7) is 4.20. The average molecular weight is 438 g/mol. The fraction of sp³-hybridized carbons (Fsp3) is 0.375. The predicted octanol–water partition coefficient (Wildman–Crippen LogP) is 3.63. The second-order valence-electron chi connectivity index (χ2n) is 8.14. The Bertz CT molecular complexity index is 1060. The summed E-state index contributed by atoms with van der Waals surface area (Å²) >= 11 is 0. The second kappa shape index (κ2) is 8.53. The van der Waals surface area contributed by atoms with Gasteiger partial charge in [-0.1, -0.05) is 26.0 Å². The van der Waals surface area contributed by atoms with Crippen molar-refractivity contribution in [3.63, 3.8) is 0 Å². The number of hydrogen-bond acceptors (Lipinski definition) is 6. The van der Waals surface area contributed by atoms with Crippen LogP contribution in [0, 0.1) is 0 Å². The third kappa shape index (κ3) is 3.66. The Labute approximate surface area is 186 Å². The molecule has 0 aromatic heterocycles. The van der Waals surface area contributed by atoms with Crippen LogP contribution >= 0.6 is 0 Å². The average Bonchev–Trinajstić information content (AvgIpc) is 3.32. The van der Waals surface area contributed by atoms with Gasteiger partial charge < -0.3 is 19.5 Å². The summed E-state index contributed by atoms with van der Waals surface area (Å²) in [4.78, 5) is 39.8. The van der Waals surface area contributed by atoms with Crippen LogP contribution in [0.25, 0.3) is 0 Å². The Morgan fingerprint density at radius 1 is 1.09 bits per heavy atom. The van der Waals surface area contributed by atoms with E-state index in [4.69, 9.17) is 14.2 Å². The number of likely N-dealkylation sites (tertiary alicyclic amines) is 1. The molecule has 2 amide bonds. The maximum Gasteiger partial charge on any atom is 0.344 e. The molecule has 8 heteroatoms. The molecule has 0 aliphatic carbocycles. The van der Waals surface area contributed by atoms with Crippen LogP contribution in [0.2, 0.25) is 0 Å². The van der Waals surface area contributed by atoms with Crippen LogP contribution in [0.3, 0.4) is 0 Å². The third-order valence-corrected chi connectivity index (χ3v) is 5.92. The lowest BCUT2D eigenvalue weighted by Crippen LogP contribution is -2.43. The van der Waals surface area contributed by atoms with Gasteiger partial charge in [0.2, 0.25) is 18.0 Å². The molecule has 0 bridgehead atoms. The van der Waals surface area contributed by atoms with Crippen molar-refractivity contribution in [3.8, 4) is 11.5 Å². The van der Waals surface area contributed by atoms with Crippen LogP contribution in [0.1, 0.15) is 60.3 Å². The van der Waals surface area contributed by atoms with Crippen LogP contribution in [-0.2, 0) is 14.3 Å². The first kappa shape index (κ1) is 21.7. The Morgan fingerprint density at radius 3 is 2.44 bits per heavy atom. The Morgan fingerprint density at radius 2 is 1.81 bits per heavy atom. The molecule has 2 aromatic carbocycles. The highest BCUT2D eigenvalue weighted by molar-refractivity contribution is 6.01. The first-order valence-corrected chi connectivity index (χ1v) is 10.5. The highest BCUT2D eigenvalue weighted by atomic mass is 16.6. The molecular formula is C24H26N2O6. The van der Waals surface area contributed by atoms with Gasteiger partial charge in [-0.2, -0.15) is 0 Å². The summed E-state index contributed by atoms with van der Waals surface area (Å²) in [6.07, 6.45) is -0.460. The van der Waals surface area contributed by atoms with Crippen molar-refractivity contribution in [2.45, 2.75) is 44.9 Å². The van der Waals surface area contributed by atoms with Gasteiger partial charge in [0.25, 0.3) is 0 Å². The van der Waals surface area contributed by atoms with E-state index in [1.165, 1.54) is 24.7 Å². The summed E-state index contributed by atoms with van der Waals surface area (Å²) in [5.74, 6) is -0.177. The van der Waals surface area contributed by atoms with Crippen molar-refractivity contribution >= 4 is 23.5 Å². The lowest BCUT2D eigenvalue weighted by Gasteiger charge is -2.29. The topological polar surface area (TPSA) is 94.2 Å². The van der Waals surface area contributed by atoms with Crippen LogP contribution < -0.4 is 14.8 Å². The minimum absolute atomic E-state index is 0.195. The van der Waals surface area contributed by atoms with Gasteiger partial charge in [-0.15, -0.1) is 0 Å². The molecule has 168 valence electrons. The maximum atomic E-state index is 13.1. The van der Waals surface area contributed by atoms with Gasteiger partial charge in [0, 0.05) is 17.7 Å². The number of benzene rings is 2. The van der Waals surface area contributed by atoms with Gasteiger partial charge in [-0.3, -0.25) is 14.5 Å². The summed E-state index contributed by atoms with van der Waals surface area (Å²) in [5.41, 5.74) is 2.50. The number of hydrogen-bond donors (Lipinski definition) is 1. The molecule has 0 radical (unpaired) electrons. The molecule has 2 heterocycles. The van der Waals surface area contributed by atoms with Gasteiger partial charge in [-0.25, -0.2) is 4.79 Å². The lowest BCUT2D eigenvalue weighted by molar-refractivity contribution is -0.144. The van der Waals surface area contributed by atoms with Crippen molar-refractivity contribution in [1.29, 1.82) is 0 Å². The number of ether oxygens (including phenoxy) is 3. The molecule has 2 unspecified atom stereocenters. The van der Waals surface area contributed by atoms with E-state index < -0.39 is 18.2 Å². The molecule has 0 saturated carbocycles. The lowest BCUT2D eigenvalue weighted by atomic mass is 10.0. The monoisotopic (exact) mass is 438 g/mol. The molecule has 0 spiro atoms. The number of anilines is 1. The Kier molecular flexibility index (Phi) is 5.78. The number of rotatable bonds is 6. The largest absolute Gasteiger partial charge is 0.493 e. The fourth-order valence-corrected chi connectivity index (χ4v) is 4.22. The number of amides is 2. The first-order valence-electron chi connectivity index (χ1n) is 10.5. The number of methoxy groups -OCH3 is 2. The third-order valence-electron chi connectivity index (χ3n) is 5.92. The number of nitrogens with one attached hydrogen (secondary N) is 1. The van der Waals surface area contributed by atoms with Gasteiger partial charge in [-0.05, 0) is 42.2 Å². The zero-order chi connectivity index (χ0) is 23.0. The molecule has 4 rings (SSSR count). The molecule has 1 fully saturated rings. The van der Waals surface area contributed by atoms with Crippen molar-refractivity contribution in [2.75, 3.05) is 19.5 Å². The molecule has 2 atom stereocenters. The number of nitrogens with zero attached hydrogens (tertiary/aromatic N) is 1. The number of carbonyl (C=O) groups is 3. The van der Waals surface area contributed by atoms with E-state index in [0.29, 0.717) is 29.3 Å². The van der Waals surface area contributed by atoms with E-state index in [2.05, 4.69) is 19.2 Å². The number of cyclic esters (lactones) is 1. The van der Waals surface area contributed by atoms with E-state index in [-0.39, 0.29) is 29.5 Å². The minimum atomic E-state index is -0.994. The summed E-state index contributed by atoms with van der Waals surface area (Å²) in [5, 5.41) is 2.88. The van der Waals surface area contributed by atoms with E-state index in [1.54, 1.807) is 12.1 Å². The van der Waals surface area contributed by atoms with Crippen molar-refractivity contribution in [2.24, 2.45) is 0 Å². The van der Waals surface area contributed by atoms with E-state index >= 15 is 0 Å². The molecule has 2 aliphatic heterocycles. The molecular weight excluding hydrogens is 412 g/mol. The number of esters is 1. The van der Waals surface area contributed by atoms with E-state index in [1.807, 2.05) is 24.3 Å². The number of carbonyl (C=O) groups excluding carboxylic acids is 3. The molecule has 1 saturated heterocycles. The fourth-order valence-electron chi connectivity index (χ4n) is 4.22. The highest BCUT2D eigenvalue weighted by Crippen LogP contribution is 2.45. The summed E-state index contributed by atoms with van der Waals surface area (Å²) in [7, 11) is 2.90. The van der Waals surface area contributed by atoms with Crippen LogP contribution in [0.15, 0.2) is 36.4 Å². The van der Waals surface area contributed by atoms with Crippen molar-refractivity contribution < 1.29 is 28.6 Å². The van der Waals surface area contributed by atoms with Gasteiger partial charge >= 0.3 is 5.97 Å². The normalized spacial score (nSPS) is 19.7. The number of fused-ring (bicyclic) bond motifs is 1. The second-order valence-corrected chi connectivity index (χ2v) is 8.14. The smallest absolute Gasteiger partial charge is 0.344 e. The zero-order valence-electron chi connectivity index (χ0n) is 18.5. The van der Waals surface area contributed by atoms with Crippen LogP contribution in [-0.4, -0.2) is 42.9 Å². The first-order chi connectivity index (χ1) is 15.3. The zero-order valence-corrected chi connectivity index (χ0v) is 18.5. The van der Waals surface area contributed by atoms with Crippen molar-refractivity contribution in [3.05, 3.63) is 53.1 Å². The SMILES string of the molecule is COc1ccc2c(c1OC)C(=O)OC2N1C(=O)CCC1C(=O)Nc1ccc(C(C)C)cc1. The van der Waals surface area contributed by atoms with Crippen LogP contribution in [0.5, 0.6) is 11.5 Å². The Hall–Kier alpha value is -3.55. The summed E-state index contributed by atoms with van der Waals surface area (Å²) < 4.78 is 16.2.